The molecule has 19 heavy (non-hydrogen) atoms. The largest absolute Gasteiger partial charge is 0.389 e. The second-order valence-electron chi connectivity index (χ2n) is 5.31. The number of thiocarbonyl (C=S) groups is 1. The van der Waals surface area contributed by atoms with Gasteiger partial charge in [0.05, 0.1) is 10.6 Å². The number of fused-ring (bicyclic) bond motifs is 1. The molecule has 0 aliphatic carbocycles. The van der Waals surface area contributed by atoms with Gasteiger partial charge in [-0.3, -0.25) is 4.90 Å². The molecule has 3 nitrogen and oxygen atoms in total. The van der Waals surface area contributed by atoms with E-state index in [9.17, 15) is 0 Å². The standard InChI is InChI=1S/C14H18ClN3S/c15-9-3-1-4-11(13(9)14(16)19)17-10-6-8-18-7-2-5-12(10)18/h1,3-4,10,12,17H,2,5-8H2,(H2,16,19). The summed E-state index contributed by atoms with van der Waals surface area (Å²) in [5.41, 5.74) is 7.54. The summed E-state index contributed by atoms with van der Waals surface area (Å²) < 4.78 is 0. The first-order chi connectivity index (χ1) is 9.16. The van der Waals surface area contributed by atoms with Crippen LogP contribution >= 0.6 is 23.8 Å². The molecule has 2 aliphatic heterocycles. The SMILES string of the molecule is NC(=S)c1c(Cl)cccc1NC1CCN2CCCC12. The number of halogens is 1. The fourth-order valence-corrected chi connectivity index (χ4v) is 3.90. The number of anilines is 1. The van der Waals surface area contributed by atoms with Crippen LogP contribution in [0.2, 0.25) is 5.02 Å². The molecule has 102 valence electrons. The van der Waals surface area contributed by atoms with E-state index in [0.717, 1.165) is 11.3 Å². The fraction of sp³-hybridized carbons (Fsp3) is 0.500. The molecule has 0 spiro atoms. The van der Waals surface area contributed by atoms with Gasteiger partial charge in [0, 0.05) is 24.3 Å². The van der Waals surface area contributed by atoms with Gasteiger partial charge in [0.2, 0.25) is 0 Å². The maximum Gasteiger partial charge on any atom is 0.107 e. The van der Waals surface area contributed by atoms with Gasteiger partial charge in [0.25, 0.3) is 0 Å². The molecular formula is C14H18ClN3S. The molecule has 0 amide bonds. The van der Waals surface area contributed by atoms with Crippen LogP contribution in [-0.4, -0.2) is 35.1 Å². The van der Waals surface area contributed by atoms with Crippen molar-refractivity contribution in [3.05, 3.63) is 28.8 Å². The average molecular weight is 296 g/mol. The van der Waals surface area contributed by atoms with Crippen molar-refractivity contribution < 1.29 is 0 Å². The Morgan fingerprint density at radius 3 is 3.00 bits per heavy atom. The molecule has 2 unspecified atom stereocenters. The summed E-state index contributed by atoms with van der Waals surface area (Å²) in [4.78, 5) is 2.93. The van der Waals surface area contributed by atoms with Crippen molar-refractivity contribution in [1.29, 1.82) is 0 Å². The summed E-state index contributed by atoms with van der Waals surface area (Å²) in [6.45, 7) is 2.42. The summed E-state index contributed by atoms with van der Waals surface area (Å²) in [7, 11) is 0. The van der Waals surface area contributed by atoms with Crippen LogP contribution in [-0.2, 0) is 0 Å². The Balaban J connectivity index is 1.84. The third-order valence-electron chi connectivity index (χ3n) is 4.21. The summed E-state index contributed by atoms with van der Waals surface area (Å²) in [6, 6.07) is 6.91. The number of nitrogens with two attached hydrogens (primary N) is 1. The monoisotopic (exact) mass is 295 g/mol. The highest BCUT2D eigenvalue weighted by Gasteiger charge is 2.37. The van der Waals surface area contributed by atoms with E-state index < -0.39 is 0 Å². The highest BCUT2D eigenvalue weighted by Crippen LogP contribution is 2.32. The van der Waals surface area contributed by atoms with Crippen LogP contribution in [0.4, 0.5) is 5.69 Å². The first-order valence-electron chi connectivity index (χ1n) is 6.75. The molecule has 0 saturated carbocycles. The van der Waals surface area contributed by atoms with E-state index in [1.165, 1.54) is 32.4 Å². The molecule has 2 fully saturated rings. The molecular weight excluding hydrogens is 278 g/mol. The van der Waals surface area contributed by atoms with Gasteiger partial charge in [-0.1, -0.05) is 29.9 Å². The zero-order chi connectivity index (χ0) is 13.4. The minimum absolute atomic E-state index is 0.356. The quantitative estimate of drug-likeness (QED) is 0.841. The van der Waals surface area contributed by atoms with Crippen LogP contribution in [0.15, 0.2) is 18.2 Å². The van der Waals surface area contributed by atoms with Crippen LogP contribution in [0, 0.1) is 0 Å². The number of nitrogens with one attached hydrogen (secondary N) is 1. The predicted molar refractivity (Wildman–Crippen MR) is 84.0 cm³/mol. The number of benzene rings is 1. The van der Waals surface area contributed by atoms with Crippen molar-refractivity contribution in [2.75, 3.05) is 18.4 Å². The van der Waals surface area contributed by atoms with E-state index in [4.69, 9.17) is 29.6 Å². The van der Waals surface area contributed by atoms with E-state index in [2.05, 4.69) is 10.2 Å². The minimum atomic E-state index is 0.356. The van der Waals surface area contributed by atoms with Crippen LogP contribution < -0.4 is 11.1 Å². The first kappa shape index (κ1) is 13.2. The van der Waals surface area contributed by atoms with Crippen molar-refractivity contribution >= 4 is 34.5 Å². The van der Waals surface area contributed by atoms with Gasteiger partial charge in [-0.15, -0.1) is 0 Å². The molecule has 0 bridgehead atoms. The summed E-state index contributed by atoms with van der Waals surface area (Å²) in [5.74, 6) is 0. The van der Waals surface area contributed by atoms with Crippen LogP contribution in [0.1, 0.15) is 24.8 Å². The summed E-state index contributed by atoms with van der Waals surface area (Å²) in [6.07, 6.45) is 3.76. The van der Waals surface area contributed by atoms with Crippen LogP contribution in [0.25, 0.3) is 0 Å². The molecule has 0 aromatic heterocycles. The van der Waals surface area contributed by atoms with Gasteiger partial charge in [-0.05, 0) is 37.9 Å². The molecule has 1 aromatic rings. The minimum Gasteiger partial charge on any atom is -0.389 e. The van der Waals surface area contributed by atoms with E-state index in [0.29, 0.717) is 22.1 Å². The molecule has 5 heteroatoms. The van der Waals surface area contributed by atoms with Gasteiger partial charge in [-0.2, -0.15) is 0 Å². The summed E-state index contributed by atoms with van der Waals surface area (Å²) >= 11 is 11.3. The molecule has 0 radical (unpaired) electrons. The van der Waals surface area contributed by atoms with E-state index >= 15 is 0 Å². The molecule has 3 rings (SSSR count). The number of nitrogens with zero attached hydrogens (tertiary/aromatic N) is 1. The fourth-order valence-electron chi connectivity index (χ4n) is 3.35. The normalized spacial score (nSPS) is 26.4. The first-order valence-corrected chi connectivity index (χ1v) is 7.54. The number of hydrogen-bond acceptors (Lipinski definition) is 3. The Kier molecular flexibility index (Phi) is 3.65. The zero-order valence-corrected chi connectivity index (χ0v) is 12.3. The molecule has 2 saturated heterocycles. The lowest BCUT2D eigenvalue weighted by Crippen LogP contribution is -2.34. The molecule has 2 aliphatic rings. The Morgan fingerprint density at radius 1 is 1.37 bits per heavy atom. The summed E-state index contributed by atoms with van der Waals surface area (Å²) in [5, 5.41) is 4.23. The van der Waals surface area contributed by atoms with Gasteiger partial charge in [-0.25, -0.2) is 0 Å². The van der Waals surface area contributed by atoms with Gasteiger partial charge < -0.3 is 11.1 Å². The smallest absolute Gasteiger partial charge is 0.107 e. The average Bonchev–Trinajstić information content (AvgIpc) is 2.93. The lowest BCUT2D eigenvalue weighted by atomic mass is 10.0. The van der Waals surface area contributed by atoms with Gasteiger partial charge >= 0.3 is 0 Å². The Hall–Kier alpha value is -0.840. The van der Waals surface area contributed by atoms with E-state index in [1.54, 1.807) is 0 Å². The Bertz CT molecular complexity index is 505. The third kappa shape index (κ3) is 2.45. The van der Waals surface area contributed by atoms with E-state index in [-0.39, 0.29) is 0 Å². The number of hydrogen-bond donors (Lipinski definition) is 2. The molecule has 1 aromatic carbocycles. The van der Waals surface area contributed by atoms with Crippen LogP contribution in [0.3, 0.4) is 0 Å². The Morgan fingerprint density at radius 2 is 2.21 bits per heavy atom. The highest BCUT2D eigenvalue weighted by atomic mass is 35.5. The van der Waals surface area contributed by atoms with Crippen molar-refractivity contribution in [3.8, 4) is 0 Å². The topological polar surface area (TPSA) is 41.3 Å². The maximum atomic E-state index is 6.20. The van der Waals surface area contributed by atoms with Crippen molar-refractivity contribution in [2.45, 2.75) is 31.3 Å². The van der Waals surface area contributed by atoms with Crippen molar-refractivity contribution in [3.63, 3.8) is 0 Å². The van der Waals surface area contributed by atoms with E-state index in [1.807, 2.05) is 18.2 Å². The second-order valence-corrected chi connectivity index (χ2v) is 6.16. The third-order valence-corrected chi connectivity index (χ3v) is 4.73. The lowest BCUT2D eigenvalue weighted by Gasteiger charge is -2.23. The highest BCUT2D eigenvalue weighted by molar-refractivity contribution is 7.80. The molecule has 3 N–H and O–H groups in total. The zero-order valence-electron chi connectivity index (χ0n) is 10.7. The molecule has 2 heterocycles. The second kappa shape index (κ2) is 5.27. The lowest BCUT2D eigenvalue weighted by molar-refractivity contribution is 0.318. The van der Waals surface area contributed by atoms with Crippen molar-refractivity contribution in [2.24, 2.45) is 5.73 Å². The van der Waals surface area contributed by atoms with Crippen molar-refractivity contribution in [1.82, 2.24) is 4.90 Å². The predicted octanol–water partition coefficient (Wildman–Crippen LogP) is 2.62. The maximum absolute atomic E-state index is 6.20. The van der Waals surface area contributed by atoms with Gasteiger partial charge in [0.1, 0.15) is 4.99 Å². The van der Waals surface area contributed by atoms with Crippen LogP contribution in [0.5, 0.6) is 0 Å². The molecule has 2 atom stereocenters. The number of rotatable bonds is 3. The Labute approximate surface area is 124 Å². The van der Waals surface area contributed by atoms with Gasteiger partial charge in [0.15, 0.2) is 0 Å².